The number of nitrogens with one attached hydrogen (secondary N) is 2. The molecule has 5 nitrogen and oxygen atoms in total. The Balaban J connectivity index is 1.82. The fourth-order valence-corrected chi connectivity index (χ4v) is 2.59. The molecule has 2 N–H and O–H groups in total. The predicted molar refractivity (Wildman–Crippen MR) is 82.5 cm³/mol. The first-order valence-electron chi connectivity index (χ1n) is 6.34. The number of amides is 1. The van der Waals surface area contributed by atoms with Gasteiger partial charge in [-0.25, -0.2) is 9.37 Å². The zero-order chi connectivity index (χ0) is 15.5. The van der Waals surface area contributed by atoms with Crippen molar-refractivity contribution in [2.75, 3.05) is 5.32 Å². The van der Waals surface area contributed by atoms with Gasteiger partial charge in [-0.05, 0) is 24.3 Å². The van der Waals surface area contributed by atoms with Crippen LogP contribution in [0.3, 0.4) is 0 Å². The van der Waals surface area contributed by atoms with Gasteiger partial charge in [0.25, 0.3) is 11.5 Å². The Bertz CT molecular complexity index is 888. The maximum atomic E-state index is 13.2. The molecule has 0 aliphatic carbocycles. The number of anilines is 1. The van der Waals surface area contributed by atoms with E-state index < -0.39 is 11.5 Å². The van der Waals surface area contributed by atoms with E-state index >= 15 is 0 Å². The molecule has 0 radical (unpaired) electrons. The molecular formula is C15H10FN3O2S. The summed E-state index contributed by atoms with van der Waals surface area (Å²) < 4.78 is 13.2. The summed E-state index contributed by atoms with van der Waals surface area (Å²) in [4.78, 5) is 30.2. The standard InChI is InChI=1S/C15H10FN3O2S/c16-10-4-1-3-9(7-10)12-8-22-15(18-12)19-14(21)11-5-2-6-17-13(11)20/h1-8H,(H,17,20)(H,18,19,21). The molecule has 110 valence electrons. The largest absolute Gasteiger partial charge is 0.328 e. The van der Waals surface area contributed by atoms with Gasteiger partial charge in [-0.15, -0.1) is 11.3 Å². The van der Waals surface area contributed by atoms with Gasteiger partial charge in [0.15, 0.2) is 5.13 Å². The summed E-state index contributed by atoms with van der Waals surface area (Å²) in [5.41, 5.74) is 0.711. The van der Waals surface area contributed by atoms with Crippen LogP contribution in [0.15, 0.2) is 52.8 Å². The van der Waals surface area contributed by atoms with Crippen LogP contribution in [0.2, 0.25) is 0 Å². The fourth-order valence-electron chi connectivity index (χ4n) is 1.88. The van der Waals surface area contributed by atoms with Gasteiger partial charge < -0.3 is 4.98 Å². The van der Waals surface area contributed by atoms with Crippen molar-refractivity contribution < 1.29 is 9.18 Å². The Hall–Kier alpha value is -2.80. The molecule has 0 bridgehead atoms. The lowest BCUT2D eigenvalue weighted by Gasteiger charge is -2.00. The summed E-state index contributed by atoms with van der Waals surface area (Å²) >= 11 is 1.20. The normalized spacial score (nSPS) is 10.4. The zero-order valence-electron chi connectivity index (χ0n) is 11.2. The van der Waals surface area contributed by atoms with Crippen LogP contribution < -0.4 is 10.9 Å². The van der Waals surface area contributed by atoms with Crippen molar-refractivity contribution in [3.05, 3.63) is 69.7 Å². The van der Waals surface area contributed by atoms with E-state index in [-0.39, 0.29) is 11.4 Å². The van der Waals surface area contributed by atoms with E-state index in [9.17, 15) is 14.0 Å². The molecule has 0 spiro atoms. The monoisotopic (exact) mass is 315 g/mol. The summed E-state index contributed by atoms with van der Waals surface area (Å²) in [7, 11) is 0. The molecule has 0 aliphatic rings. The number of carbonyl (C=O) groups is 1. The van der Waals surface area contributed by atoms with Gasteiger partial charge in [0, 0.05) is 17.1 Å². The van der Waals surface area contributed by atoms with E-state index in [2.05, 4.69) is 15.3 Å². The van der Waals surface area contributed by atoms with Crippen LogP contribution in [-0.4, -0.2) is 15.9 Å². The highest BCUT2D eigenvalue weighted by molar-refractivity contribution is 7.14. The SMILES string of the molecule is O=C(Nc1nc(-c2cccc(F)c2)cs1)c1ccc[nH]c1=O. The van der Waals surface area contributed by atoms with Gasteiger partial charge >= 0.3 is 0 Å². The third-order valence-electron chi connectivity index (χ3n) is 2.91. The smallest absolute Gasteiger partial charge is 0.263 e. The quantitative estimate of drug-likeness (QED) is 0.780. The number of nitrogens with zero attached hydrogens (tertiary/aromatic N) is 1. The fraction of sp³-hybridized carbons (Fsp3) is 0. The maximum Gasteiger partial charge on any atom is 0.263 e. The number of benzene rings is 1. The molecular weight excluding hydrogens is 305 g/mol. The predicted octanol–water partition coefficient (Wildman–Crippen LogP) is 2.89. The third kappa shape index (κ3) is 2.94. The van der Waals surface area contributed by atoms with Crippen molar-refractivity contribution >= 4 is 22.4 Å². The Morgan fingerprint density at radius 2 is 2.14 bits per heavy atom. The summed E-state index contributed by atoms with van der Waals surface area (Å²) in [5, 5.41) is 4.61. The highest BCUT2D eigenvalue weighted by atomic mass is 32.1. The van der Waals surface area contributed by atoms with Crippen LogP contribution in [0.1, 0.15) is 10.4 Å². The first-order valence-corrected chi connectivity index (χ1v) is 7.22. The molecule has 3 rings (SSSR count). The molecule has 1 aromatic carbocycles. The van der Waals surface area contributed by atoms with Gasteiger partial charge in [-0.3, -0.25) is 14.9 Å². The van der Waals surface area contributed by atoms with E-state index in [0.29, 0.717) is 16.4 Å². The summed E-state index contributed by atoms with van der Waals surface area (Å²) in [6, 6.07) is 9.02. The van der Waals surface area contributed by atoms with Gasteiger partial charge in [0.05, 0.1) is 5.69 Å². The molecule has 2 aromatic heterocycles. The molecule has 0 saturated carbocycles. The average molecular weight is 315 g/mol. The number of H-pyrrole nitrogens is 1. The molecule has 0 saturated heterocycles. The lowest BCUT2D eigenvalue weighted by atomic mass is 10.2. The molecule has 7 heteroatoms. The minimum absolute atomic E-state index is 0.00463. The van der Waals surface area contributed by atoms with E-state index in [1.165, 1.54) is 35.7 Å². The van der Waals surface area contributed by atoms with Crippen LogP contribution in [0, 0.1) is 5.82 Å². The molecule has 0 aliphatic heterocycles. The number of aromatic amines is 1. The number of halogens is 1. The van der Waals surface area contributed by atoms with Crippen LogP contribution in [-0.2, 0) is 0 Å². The van der Waals surface area contributed by atoms with Crippen molar-refractivity contribution in [2.24, 2.45) is 0 Å². The number of thiazole rings is 1. The highest BCUT2D eigenvalue weighted by Crippen LogP contribution is 2.25. The van der Waals surface area contributed by atoms with Gasteiger partial charge in [0.2, 0.25) is 0 Å². The summed E-state index contributed by atoms with van der Waals surface area (Å²) in [6.45, 7) is 0. The summed E-state index contributed by atoms with van der Waals surface area (Å²) in [6.07, 6.45) is 1.45. The first-order chi connectivity index (χ1) is 10.6. The second-order valence-corrected chi connectivity index (χ2v) is 5.27. The molecule has 0 fully saturated rings. The van der Waals surface area contributed by atoms with E-state index in [4.69, 9.17) is 0 Å². The molecule has 2 heterocycles. The topological polar surface area (TPSA) is 74.8 Å². The maximum absolute atomic E-state index is 13.2. The van der Waals surface area contributed by atoms with E-state index in [1.807, 2.05) is 0 Å². The first kappa shape index (κ1) is 14.2. The average Bonchev–Trinajstić information content (AvgIpc) is 2.96. The second kappa shape index (κ2) is 5.90. The van der Waals surface area contributed by atoms with Crippen LogP contribution in [0.4, 0.5) is 9.52 Å². The lowest BCUT2D eigenvalue weighted by Crippen LogP contribution is -2.22. The molecule has 22 heavy (non-hydrogen) atoms. The van der Waals surface area contributed by atoms with E-state index in [1.54, 1.807) is 23.6 Å². The van der Waals surface area contributed by atoms with Gasteiger partial charge in [0.1, 0.15) is 11.4 Å². The van der Waals surface area contributed by atoms with Crippen molar-refractivity contribution in [1.82, 2.24) is 9.97 Å². The van der Waals surface area contributed by atoms with Crippen molar-refractivity contribution in [3.63, 3.8) is 0 Å². The lowest BCUT2D eigenvalue weighted by molar-refractivity contribution is 0.102. The third-order valence-corrected chi connectivity index (χ3v) is 3.67. The highest BCUT2D eigenvalue weighted by Gasteiger charge is 2.12. The molecule has 1 amide bonds. The Morgan fingerprint density at radius 3 is 2.91 bits per heavy atom. The number of carbonyl (C=O) groups excluding carboxylic acids is 1. The Labute approximate surface area is 128 Å². The van der Waals surface area contributed by atoms with Crippen LogP contribution in [0.5, 0.6) is 0 Å². The second-order valence-electron chi connectivity index (χ2n) is 4.42. The minimum Gasteiger partial charge on any atom is -0.328 e. The van der Waals surface area contributed by atoms with Crippen molar-refractivity contribution in [2.45, 2.75) is 0 Å². The van der Waals surface area contributed by atoms with Crippen LogP contribution >= 0.6 is 11.3 Å². The van der Waals surface area contributed by atoms with Crippen LogP contribution in [0.25, 0.3) is 11.3 Å². The number of hydrogen-bond acceptors (Lipinski definition) is 4. The van der Waals surface area contributed by atoms with Gasteiger partial charge in [-0.1, -0.05) is 12.1 Å². The van der Waals surface area contributed by atoms with Gasteiger partial charge in [-0.2, -0.15) is 0 Å². The van der Waals surface area contributed by atoms with E-state index in [0.717, 1.165) is 0 Å². The van der Waals surface area contributed by atoms with Crippen molar-refractivity contribution in [1.29, 1.82) is 0 Å². The number of rotatable bonds is 3. The Kier molecular flexibility index (Phi) is 3.80. The number of aromatic nitrogens is 2. The Morgan fingerprint density at radius 1 is 1.27 bits per heavy atom. The molecule has 0 atom stereocenters. The minimum atomic E-state index is -0.540. The number of hydrogen-bond donors (Lipinski definition) is 2. The number of pyridine rings is 1. The zero-order valence-corrected chi connectivity index (χ0v) is 12.0. The summed E-state index contributed by atoms with van der Waals surface area (Å²) in [5.74, 6) is -0.895. The van der Waals surface area contributed by atoms with Crippen molar-refractivity contribution in [3.8, 4) is 11.3 Å². The molecule has 0 unspecified atom stereocenters. The molecule has 3 aromatic rings.